The molecule has 0 saturated carbocycles. The van der Waals surface area contributed by atoms with E-state index < -0.39 is 0 Å². The van der Waals surface area contributed by atoms with Gasteiger partial charge in [-0.25, -0.2) is 0 Å². The van der Waals surface area contributed by atoms with Crippen LogP contribution in [0.2, 0.25) is 0 Å². The molecule has 1 aromatic rings. The van der Waals surface area contributed by atoms with Gasteiger partial charge in [0.25, 0.3) is 0 Å². The number of amides is 1. The lowest BCUT2D eigenvalue weighted by atomic mass is 9.92. The SMILES string of the molecule is Cc1cc(CCNC(=O)CC(C)(C)C)ccn1. The van der Waals surface area contributed by atoms with E-state index in [4.69, 9.17) is 0 Å². The Bertz CT molecular complexity index is 380. The molecular formula is C14H22N2O. The predicted molar refractivity (Wildman–Crippen MR) is 69.8 cm³/mol. The zero-order valence-electron chi connectivity index (χ0n) is 11.2. The minimum atomic E-state index is 0.0529. The molecule has 0 aliphatic heterocycles. The number of hydrogen-bond donors (Lipinski definition) is 1. The Kier molecular flexibility index (Phi) is 4.67. The van der Waals surface area contributed by atoms with Gasteiger partial charge in [0.1, 0.15) is 0 Å². The van der Waals surface area contributed by atoms with E-state index in [1.165, 1.54) is 5.56 Å². The normalized spacial score (nSPS) is 11.3. The smallest absolute Gasteiger partial charge is 0.220 e. The average Bonchev–Trinajstić information content (AvgIpc) is 2.14. The van der Waals surface area contributed by atoms with E-state index in [-0.39, 0.29) is 11.3 Å². The molecule has 0 saturated heterocycles. The molecule has 94 valence electrons. The molecule has 17 heavy (non-hydrogen) atoms. The Morgan fingerprint density at radius 1 is 1.41 bits per heavy atom. The first-order chi connectivity index (χ1) is 7.87. The third-order valence-electron chi connectivity index (χ3n) is 2.39. The van der Waals surface area contributed by atoms with Crippen molar-refractivity contribution < 1.29 is 4.79 Å². The van der Waals surface area contributed by atoms with Gasteiger partial charge in [0.15, 0.2) is 0 Å². The number of nitrogens with zero attached hydrogens (tertiary/aromatic N) is 1. The van der Waals surface area contributed by atoms with Crippen LogP contribution >= 0.6 is 0 Å². The number of nitrogens with one attached hydrogen (secondary N) is 1. The fraction of sp³-hybridized carbons (Fsp3) is 0.571. The second-order valence-corrected chi connectivity index (χ2v) is 5.64. The minimum Gasteiger partial charge on any atom is -0.356 e. The lowest BCUT2D eigenvalue weighted by Crippen LogP contribution is -2.29. The highest BCUT2D eigenvalue weighted by Gasteiger charge is 2.15. The molecular weight excluding hydrogens is 212 g/mol. The van der Waals surface area contributed by atoms with E-state index in [2.05, 4.69) is 37.1 Å². The predicted octanol–water partition coefficient (Wildman–Crippen LogP) is 2.48. The highest BCUT2D eigenvalue weighted by Crippen LogP contribution is 2.17. The van der Waals surface area contributed by atoms with Crippen LogP contribution in [0.15, 0.2) is 18.3 Å². The zero-order chi connectivity index (χ0) is 12.9. The molecule has 3 nitrogen and oxygen atoms in total. The molecule has 1 amide bonds. The standard InChI is InChI=1S/C14H22N2O/c1-11-9-12(5-7-15-11)6-8-16-13(17)10-14(2,3)4/h5,7,9H,6,8,10H2,1-4H3,(H,16,17). The summed E-state index contributed by atoms with van der Waals surface area (Å²) in [6.45, 7) is 8.87. The van der Waals surface area contributed by atoms with E-state index in [1.54, 1.807) is 0 Å². The van der Waals surface area contributed by atoms with E-state index >= 15 is 0 Å². The van der Waals surface area contributed by atoms with Gasteiger partial charge >= 0.3 is 0 Å². The summed E-state index contributed by atoms with van der Waals surface area (Å²) < 4.78 is 0. The second kappa shape index (κ2) is 5.80. The lowest BCUT2D eigenvalue weighted by molar-refractivity contribution is -0.122. The topological polar surface area (TPSA) is 42.0 Å². The largest absolute Gasteiger partial charge is 0.356 e. The first-order valence-corrected chi connectivity index (χ1v) is 6.05. The van der Waals surface area contributed by atoms with E-state index in [9.17, 15) is 4.79 Å². The Morgan fingerprint density at radius 3 is 2.71 bits per heavy atom. The Labute approximate surface area is 104 Å². The number of hydrogen-bond acceptors (Lipinski definition) is 2. The number of aryl methyl sites for hydroxylation is 1. The molecule has 0 unspecified atom stereocenters. The summed E-state index contributed by atoms with van der Waals surface area (Å²) in [6.07, 6.45) is 3.24. The van der Waals surface area contributed by atoms with E-state index in [0.29, 0.717) is 13.0 Å². The Morgan fingerprint density at radius 2 is 2.12 bits per heavy atom. The Balaban J connectivity index is 2.31. The van der Waals surface area contributed by atoms with Crippen LogP contribution in [0, 0.1) is 12.3 Å². The summed E-state index contributed by atoms with van der Waals surface area (Å²) in [5.74, 6) is 0.128. The van der Waals surface area contributed by atoms with Gasteiger partial charge in [-0.3, -0.25) is 9.78 Å². The van der Waals surface area contributed by atoms with Gasteiger partial charge in [-0.15, -0.1) is 0 Å². The summed E-state index contributed by atoms with van der Waals surface area (Å²) in [7, 11) is 0. The van der Waals surface area contributed by atoms with Crippen molar-refractivity contribution in [3.63, 3.8) is 0 Å². The third kappa shape index (κ3) is 6.05. The molecule has 1 rings (SSSR count). The summed E-state index contributed by atoms with van der Waals surface area (Å²) in [6, 6.07) is 4.04. The van der Waals surface area contributed by atoms with Crippen LogP contribution < -0.4 is 5.32 Å². The van der Waals surface area contributed by atoms with Crippen LogP contribution in [0.4, 0.5) is 0 Å². The zero-order valence-corrected chi connectivity index (χ0v) is 11.2. The fourth-order valence-corrected chi connectivity index (χ4v) is 1.65. The number of pyridine rings is 1. The first kappa shape index (κ1) is 13.7. The van der Waals surface area contributed by atoms with Crippen LogP contribution in [-0.4, -0.2) is 17.4 Å². The maximum atomic E-state index is 11.6. The number of aromatic nitrogens is 1. The van der Waals surface area contributed by atoms with Crippen LogP contribution in [0.5, 0.6) is 0 Å². The molecule has 1 heterocycles. The maximum absolute atomic E-state index is 11.6. The van der Waals surface area contributed by atoms with Gasteiger partial charge in [-0.1, -0.05) is 20.8 Å². The van der Waals surface area contributed by atoms with Gasteiger partial charge in [0.05, 0.1) is 0 Å². The van der Waals surface area contributed by atoms with Gasteiger partial charge < -0.3 is 5.32 Å². The molecule has 1 aromatic heterocycles. The van der Waals surface area contributed by atoms with Crippen molar-refractivity contribution >= 4 is 5.91 Å². The summed E-state index contributed by atoms with van der Waals surface area (Å²) in [4.78, 5) is 15.7. The molecule has 3 heteroatoms. The van der Waals surface area contributed by atoms with E-state index in [0.717, 1.165) is 12.1 Å². The van der Waals surface area contributed by atoms with Crippen LogP contribution in [0.1, 0.15) is 38.4 Å². The minimum absolute atomic E-state index is 0.0529. The summed E-state index contributed by atoms with van der Waals surface area (Å²) in [5, 5.41) is 2.95. The molecule has 1 N–H and O–H groups in total. The fourth-order valence-electron chi connectivity index (χ4n) is 1.65. The second-order valence-electron chi connectivity index (χ2n) is 5.64. The molecule has 0 atom stereocenters. The molecule has 0 aliphatic carbocycles. The van der Waals surface area contributed by atoms with Gasteiger partial charge in [-0.05, 0) is 36.5 Å². The van der Waals surface area contributed by atoms with Crippen molar-refractivity contribution in [1.29, 1.82) is 0 Å². The van der Waals surface area contributed by atoms with Crippen molar-refractivity contribution in [1.82, 2.24) is 10.3 Å². The highest BCUT2D eigenvalue weighted by atomic mass is 16.1. The first-order valence-electron chi connectivity index (χ1n) is 6.05. The monoisotopic (exact) mass is 234 g/mol. The molecule has 0 bridgehead atoms. The van der Waals surface area contributed by atoms with Crippen molar-refractivity contribution in [2.45, 2.75) is 40.5 Å². The molecule has 0 aromatic carbocycles. The van der Waals surface area contributed by atoms with Crippen LogP contribution in [0.3, 0.4) is 0 Å². The van der Waals surface area contributed by atoms with Gasteiger partial charge in [0, 0.05) is 24.9 Å². The Hall–Kier alpha value is -1.38. The number of rotatable bonds is 4. The van der Waals surface area contributed by atoms with E-state index in [1.807, 2.05) is 19.2 Å². The highest BCUT2D eigenvalue weighted by molar-refractivity contribution is 5.76. The van der Waals surface area contributed by atoms with Gasteiger partial charge in [0.2, 0.25) is 5.91 Å². The third-order valence-corrected chi connectivity index (χ3v) is 2.39. The molecule has 0 radical (unpaired) electrons. The van der Waals surface area contributed by atoms with Crippen molar-refractivity contribution in [2.75, 3.05) is 6.54 Å². The molecule has 0 fully saturated rings. The summed E-state index contributed by atoms with van der Waals surface area (Å²) >= 11 is 0. The summed E-state index contributed by atoms with van der Waals surface area (Å²) in [5.41, 5.74) is 2.29. The van der Waals surface area contributed by atoms with Crippen LogP contribution in [-0.2, 0) is 11.2 Å². The quantitative estimate of drug-likeness (QED) is 0.869. The van der Waals surface area contributed by atoms with Gasteiger partial charge in [-0.2, -0.15) is 0 Å². The number of carbonyl (C=O) groups is 1. The average molecular weight is 234 g/mol. The lowest BCUT2D eigenvalue weighted by Gasteiger charge is -2.17. The maximum Gasteiger partial charge on any atom is 0.220 e. The molecule has 0 aliphatic rings. The molecule has 0 spiro atoms. The van der Waals surface area contributed by atoms with Crippen molar-refractivity contribution in [3.8, 4) is 0 Å². The number of carbonyl (C=O) groups excluding carboxylic acids is 1. The van der Waals surface area contributed by atoms with Crippen molar-refractivity contribution in [3.05, 3.63) is 29.6 Å². The van der Waals surface area contributed by atoms with Crippen LogP contribution in [0.25, 0.3) is 0 Å². The van der Waals surface area contributed by atoms with Crippen molar-refractivity contribution in [2.24, 2.45) is 5.41 Å².